The van der Waals surface area contributed by atoms with Crippen LogP contribution in [0.15, 0.2) is 42.5 Å². The first-order valence-electron chi connectivity index (χ1n) is 6.38. The Morgan fingerprint density at radius 3 is 1.94 bits per heavy atom. The van der Waals surface area contributed by atoms with Gasteiger partial charge in [-0.1, -0.05) is 32.0 Å². The van der Waals surface area contributed by atoms with Gasteiger partial charge in [-0.15, -0.1) is 0 Å². The van der Waals surface area contributed by atoms with Crippen molar-refractivity contribution in [1.29, 1.82) is 0 Å². The van der Waals surface area contributed by atoms with Crippen molar-refractivity contribution >= 4 is 5.69 Å². The number of para-hydroxylation sites is 1. The molecule has 0 aromatic heterocycles. The lowest BCUT2D eigenvalue weighted by molar-refractivity contribution is 0.481. The average Bonchev–Trinajstić information content (AvgIpc) is 2.41. The van der Waals surface area contributed by atoms with Gasteiger partial charge in [-0.3, -0.25) is 0 Å². The molecule has 0 saturated heterocycles. The monoisotopic (exact) mass is 241 g/mol. The summed E-state index contributed by atoms with van der Waals surface area (Å²) in [5.74, 6) is 1.72. The summed E-state index contributed by atoms with van der Waals surface area (Å²) in [6.45, 7) is 4.22. The van der Waals surface area contributed by atoms with Gasteiger partial charge in [0.15, 0.2) is 0 Å². The topological polar surface area (TPSA) is 35.2 Å². The molecule has 0 spiro atoms. The molecular weight excluding hydrogens is 222 g/mol. The second-order valence-corrected chi connectivity index (χ2v) is 4.28. The molecule has 0 aliphatic heterocycles. The number of aryl methyl sites for hydroxylation is 2. The molecule has 2 N–H and O–H groups in total. The van der Waals surface area contributed by atoms with Gasteiger partial charge in [0.1, 0.15) is 11.5 Å². The number of hydrogen-bond acceptors (Lipinski definition) is 2. The maximum absolute atomic E-state index is 6.11. The maximum Gasteiger partial charge on any atom is 0.128 e. The standard InChI is InChI=1S/C16H19NO/c1-3-12-10-15(11-13(4-2)16(12)17)18-14-8-6-5-7-9-14/h5-11H,3-4,17H2,1-2H3. The zero-order chi connectivity index (χ0) is 13.0. The molecule has 2 heteroatoms. The molecule has 0 bridgehead atoms. The highest BCUT2D eigenvalue weighted by atomic mass is 16.5. The van der Waals surface area contributed by atoms with Crippen molar-refractivity contribution in [3.05, 3.63) is 53.6 Å². The molecule has 2 rings (SSSR count). The van der Waals surface area contributed by atoms with Crippen LogP contribution >= 0.6 is 0 Å². The number of nitrogens with two attached hydrogens (primary N) is 1. The van der Waals surface area contributed by atoms with Crippen molar-refractivity contribution < 1.29 is 4.74 Å². The zero-order valence-electron chi connectivity index (χ0n) is 10.9. The van der Waals surface area contributed by atoms with E-state index in [0.29, 0.717) is 0 Å². The van der Waals surface area contributed by atoms with Crippen LogP contribution in [0, 0.1) is 0 Å². The van der Waals surface area contributed by atoms with Crippen LogP contribution in [0.1, 0.15) is 25.0 Å². The lowest BCUT2D eigenvalue weighted by Gasteiger charge is -2.13. The van der Waals surface area contributed by atoms with Crippen LogP contribution in [-0.4, -0.2) is 0 Å². The van der Waals surface area contributed by atoms with E-state index in [1.807, 2.05) is 42.5 Å². The third-order valence-electron chi connectivity index (χ3n) is 3.07. The highest BCUT2D eigenvalue weighted by Gasteiger charge is 2.07. The van der Waals surface area contributed by atoms with Gasteiger partial charge < -0.3 is 10.5 Å². The van der Waals surface area contributed by atoms with Gasteiger partial charge in [0.25, 0.3) is 0 Å². The molecule has 0 saturated carbocycles. The molecule has 2 aromatic carbocycles. The van der Waals surface area contributed by atoms with Gasteiger partial charge >= 0.3 is 0 Å². The van der Waals surface area contributed by atoms with E-state index < -0.39 is 0 Å². The fraction of sp³-hybridized carbons (Fsp3) is 0.250. The lowest BCUT2D eigenvalue weighted by Crippen LogP contribution is -1.99. The van der Waals surface area contributed by atoms with E-state index in [1.165, 1.54) is 0 Å². The second kappa shape index (κ2) is 5.58. The quantitative estimate of drug-likeness (QED) is 0.815. The third-order valence-corrected chi connectivity index (χ3v) is 3.07. The zero-order valence-corrected chi connectivity index (χ0v) is 10.9. The summed E-state index contributed by atoms with van der Waals surface area (Å²) in [6, 6.07) is 13.9. The minimum atomic E-state index is 0.853. The Labute approximate surface area is 108 Å². The van der Waals surface area contributed by atoms with E-state index in [4.69, 9.17) is 10.5 Å². The summed E-state index contributed by atoms with van der Waals surface area (Å²) in [5.41, 5.74) is 9.32. The fourth-order valence-corrected chi connectivity index (χ4v) is 2.02. The average molecular weight is 241 g/mol. The van der Waals surface area contributed by atoms with Crippen molar-refractivity contribution in [3.8, 4) is 11.5 Å². The van der Waals surface area contributed by atoms with Gasteiger partial charge in [0.05, 0.1) is 0 Å². The maximum atomic E-state index is 6.11. The Balaban J connectivity index is 2.34. The molecular formula is C16H19NO. The van der Waals surface area contributed by atoms with Crippen LogP contribution in [0.5, 0.6) is 11.5 Å². The first-order valence-corrected chi connectivity index (χ1v) is 6.38. The minimum Gasteiger partial charge on any atom is -0.457 e. The van der Waals surface area contributed by atoms with E-state index in [1.54, 1.807) is 0 Å². The van der Waals surface area contributed by atoms with E-state index in [9.17, 15) is 0 Å². The molecule has 18 heavy (non-hydrogen) atoms. The molecule has 0 aliphatic carbocycles. The molecule has 94 valence electrons. The van der Waals surface area contributed by atoms with E-state index >= 15 is 0 Å². The lowest BCUT2D eigenvalue weighted by atomic mass is 10.0. The number of rotatable bonds is 4. The predicted molar refractivity (Wildman–Crippen MR) is 76.1 cm³/mol. The van der Waals surface area contributed by atoms with E-state index in [0.717, 1.165) is 41.2 Å². The highest BCUT2D eigenvalue weighted by molar-refractivity contribution is 5.57. The molecule has 0 aliphatic rings. The van der Waals surface area contributed by atoms with Gasteiger partial charge in [-0.05, 0) is 48.2 Å². The number of ether oxygens (including phenoxy) is 1. The van der Waals surface area contributed by atoms with Crippen molar-refractivity contribution in [1.82, 2.24) is 0 Å². The number of hydrogen-bond donors (Lipinski definition) is 1. The SMILES string of the molecule is CCc1cc(Oc2ccccc2)cc(CC)c1N. The van der Waals surface area contributed by atoms with Crippen molar-refractivity contribution in [2.75, 3.05) is 5.73 Å². The van der Waals surface area contributed by atoms with Crippen LogP contribution in [0.3, 0.4) is 0 Å². The van der Waals surface area contributed by atoms with Crippen molar-refractivity contribution in [2.45, 2.75) is 26.7 Å². The van der Waals surface area contributed by atoms with Crippen LogP contribution in [0.25, 0.3) is 0 Å². The predicted octanol–water partition coefficient (Wildman–Crippen LogP) is 4.19. The molecule has 0 heterocycles. The summed E-state index contributed by atoms with van der Waals surface area (Å²) in [6.07, 6.45) is 1.84. The van der Waals surface area contributed by atoms with E-state index in [-0.39, 0.29) is 0 Å². The van der Waals surface area contributed by atoms with Crippen molar-refractivity contribution in [2.24, 2.45) is 0 Å². The third kappa shape index (κ3) is 2.65. The van der Waals surface area contributed by atoms with Gasteiger partial charge in [-0.2, -0.15) is 0 Å². The molecule has 0 amide bonds. The summed E-state index contributed by atoms with van der Waals surface area (Å²) in [7, 11) is 0. The minimum absolute atomic E-state index is 0.853. The van der Waals surface area contributed by atoms with Gasteiger partial charge in [0, 0.05) is 5.69 Å². The number of benzene rings is 2. The van der Waals surface area contributed by atoms with E-state index in [2.05, 4.69) is 13.8 Å². The van der Waals surface area contributed by atoms with Crippen LogP contribution < -0.4 is 10.5 Å². The van der Waals surface area contributed by atoms with Crippen LogP contribution in [0.4, 0.5) is 5.69 Å². The summed E-state index contributed by atoms with van der Waals surface area (Å²) < 4.78 is 5.86. The number of anilines is 1. The largest absolute Gasteiger partial charge is 0.457 e. The molecule has 0 unspecified atom stereocenters. The highest BCUT2D eigenvalue weighted by Crippen LogP contribution is 2.29. The molecule has 2 nitrogen and oxygen atoms in total. The smallest absolute Gasteiger partial charge is 0.128 e. The first kappa shape index (κ1) is 12.5. The molecule has 0 atom stereocenters. The first-order chi connectivity index (χ1) is 8.74. The molecule has 0 fully saturated rings. The molecule has 0 radical (unpaired) electrons. The Hall–Kier alpha value is -1.96. The van der Waals surface area contributed by atoms with Crippen LogP contribution in [-0.2, 0) is 12.8 Å². The Kier molecular flexibility index (Phi) is 3.88. The summed E-state index contributed by atoms with van der Waals surface area (Å²) in [5, 5.41) is 0. The normalized spacial score (nSPS) is 10.3. The second-order valence-electron chi connectivity index (χ2n) is 4.28. The van der Waals surface area contributed by atoms with Crippen LogP contribution in [0.2, 0.25) is 0 Å². The molecule has 2 aromatic rings. The van der Waals surface area contributed by atoms with Crippen molar-refractivity contribution in [3.63, 3.8) is 0 Å². The Morgan fingerprint density at radius 1 is 0.889 bits per heavy atom. The Morgan fingerprint density at radius 2 is 1.44 bits per heavy atom. The Bertz CT molecular complexity index is 495. The number of nitrogen functional groups attached to an aromatic ring is 1. The van der Waals surface area contributed by atoms with Gasteiger partial charge in [-0.25, -0.2) is 0 Å². The fourth-order valence-electron chi connectivity index (χ4n) is 2.02. The van der Waals surface area contributed by atoms with Gasteiger partial charge in [0.2, 0.25) is 0 Å². The summed E-state index contributed by atoms with van der Waals surface area (Å²) >= 11 is 0. The summed E-state index contributed by atoms with van der Waals surface area (Å²) in [4.78, 5) is 0.